The number of anilines is 1. The minimum absolute atomic E-state index is 0.128. The summed E-state index contributed by atoms with van der Waals surface area (Å²) in [5.74, 6) is 0.526. The molecule has 0 heterocycles. The van der Waals surface area contributed by atoms with Crippen molar-refractivity contribution in [3.05, 3.63) is 23.8 Å². The topological polar surface area (TPSA) is 61.5 Å². The summed E-state index contributed by atoms with van der Waals surface area (Å²) in [5, 5.41) is 0.128. The molecule has 118 valence electrons. The Bertz CT molecular complexity index is 507. The Labute approximate surface area is 128 Å². The molecule has 0 saturated carbocycles. The fraction of sp³-hybridized carbons (Fsp3) is 0.562. The molecule has 0 aliphatic heterocycles. The lowest BCUT2D eigenvalue weighted by Gasteiger charge is -2.36. The molecule has 0 radical (unpaired) electrons. The molecule has 0 spiro atoms. The van der Waals surface area contributed by atoms with Gasteiger partial charge >= 0.3 is 5.97 Å². The summed E-state index contributed by atoms with van der Waals surface area (Å²) >= 11 is 0. The number of methoxy groups -OCH3 is 1. The number of hydrogen-bond donors (Lipinski definition) is 1. The van der Waals surface area contributed by atoms with Crippen LogP contribution >= 0.6 is 0 Å². The fourth-order valence-corrected chi connectivity index (χ4v) is 2.66. The first-order valence-corrected chi connectivity index (χ1v) is 10.1. The van der Waals surface area contributed by atoms with Crippen molar-refractivity contribution in [3.8, 4) is 5.75 Å². The maximum absolute atomic E-state index is 11.2. The van der Waals surface area contributed by atoms with Crippen molar-refractivity contribution in [2.75, 3.05) is 12.8 Å². The molecular formula is C16H27NO3Si. The van der Waals surface area contributed by atoms with Crippen LogP contribution in [0.3, 0.4) is 0 Å². The number of rotatable bonds is 5. The van der Waals surface area contributed by atoms with E-state index in [1.54, 1.807) is 0 Å². The number of esters is 1. The SMILES string of the molecule is COC(=O)CCc1ccc(O[Si](C)(C)C(C)(C)C)c(N)c1. The second kappa shape index (κ2) is 6.51. The molecule has 0 aliphatic carbocycles. The highest BCUT2D eigenvalue weighted by atomic mass is 28.4. The molecule has 5 heteroatoms. The van der Waals surface area contributed by atoms with Crippen molar-refractivity contribution in [2.24, 2.45) is 0 Å². The molecular weight excluding hydrogens is 282 g/mol. The molecule has 1 aromatic carbocycles. The lowest BCUT2D eigenvalue weighted by atomic mass is 10.1. The average Bonchev–Trinajstić information content (AvgIpc) is 2.37. The maximum Gasteiger partial charge on any atom is 0.305 e. The van der Waals surface area contributed by atoms with Gasteiger partial charge in [0.1, 0.15) is 5.75 Å². The molecule has 0 aliphatic rings. The van der Waals surface area contributed by atoms with Crippen LogP contribution in [0, 0.1) is 0 Å². The number of aryl methyl sites for hydroxylation is 1. The van der Waals surface area contributed by atoms with Crippen LogP contribution in [0.2, 0.25) is 18.1 Å². The quantitative estimate of drug-likeness (QED) is 0.511. The number of hydrogen-bond acceptors (Lipinski definition) is 4. The van der Waals surface area contributed by atoms with Crippen molar-refractivity contribution in [1.29, 1.82) is 0 Å². The van der Waals surface area contributed by atoms with Gasteiger partial charge in [-0.15, -0.1) is 0 Å². The Morgan fingerprint density at radius 2 is 1.90 bits per heavy atom. The molecule has 0 bridgehead atoms. The average molecular weight is 309 g/mol. The molecule has 0 unspecified atom stereocenters. The highest BCUT2D eigenvalue weighted by Crippen LogP contribution is 2.38. The third kappa shape index (κ3) is 4.77. The van der Waals surface area contributed by atoms with Gasteiger partial charge in [0, 0.05) is 6.42 Å². The van der Waals surface area contributed by atoms with E-state index in [4.69, 9.17) is 10.2 Å². The molecule has 4 nitrogen and oxygen atoms in total. The Morgan fingerprint density at radius 3 is 2.38 bits per heavy atom. The van der Waals surface area contributed by atoms with Crippen LogP contribution in [0.4, 0.5) is 5.69 Å². The van der Waals surface area contributed by atoms with Gasteiger partial charge in [-0.1, -0.05) is 26.8 Å². The lowest BCUT2D eigenvalue weighted by Crippen LogP contribution is -2.44. The Kier molecular flexibility index (Phi) is 5.45. The van der Waals surface area contributed by atoms with E-state index in [-0.39, 0.29) is 11.0 Å². The van der Waals surface area contributed by atoms with E-state index < -0.39 is 8.32 Å². The van der Waals surface area contributed by atoms with Gasteiger partial charge in [0.15, 0.2) is 0 Å². The van der Waals surface area contributed by atoms with Crippen molar-refractivity contribution < 1.29 is 14.0 Å². The van der Waals surface area contributed by atoms with E-state index >= 15 is 0 Å². The van der Waals surface area contributed by atoms with E-state index in [1.807, 2.05) is 18.2 Å². The second-order valence-electron chi connectivity index (χ2n) is 6.81. The number of carbonyl (C=O) groups is 1. The first-order chi connectivity index (χ1) is 9.56. The summed E-state index contributed by atoms with van der Waals surface area (Å²) in [6.45, 7) is 11.0. The van der Waals surface area contributed by atoms with Crippen molar-refractivity contribution >= 4 is 20.0 Å². The minimum Gasteiger partial charge on any atom is -0.542 e. The zero-order chi connectivity index (χ0) is 16.3. The summed E-state index contributed by atoms with van der Waals surface area (Å²) in [7, 11) is -0.495. The fourth-order valence-electron chi connectivity index (χ4n) is 1.62. The number of nitrogens with two attached hydrogens (primary N) is 1. The Morgan fingerprint density at radius 1 is 1.29 bits per heavy atom. The van der Waals surface area contributed by atoms with Crippen LogP contribution in [0.5, 0.6) is 5.75 Å². The van der Waals surface area contributed by atoms with Crippen LogP contribution in [0.25, 0.3) is 0 Å². The molecule has 0 atom stereocenters. The van der Waals surface area contributed by atoms with Gasteiger partial charge in [-0.05, 0) is 42.2 Å². The Balaban J connectivity index is 2.82. The first kappa shape index (κ1) is 17.6. The highest BCUT2D eigenvalue weighted by molar-refractivity contribution is 6.74. The van der Waals surface area contributed by atoms with Gasteiger partial charge in [0.25, 0.3) is 8.32 Å². The van der Waals surface area contributed by atoms with Gasteiger partial charge < -0.3 is 14.9 Å². The third-order valence-electron chi connectivity index (χ3n) is 4.09. The van der Waals surface area contributed by atoms with E-state index in [0.717, 1.165) is 11.3 Å². The third-order valence-corrected chi connectivity index (χ3v) is 8.43. The molecule has 1 rings (SSSR count). The van der Waals surface area contributed by atoms with Crippen LogP contribution in [-0.2, 0) is 16.0 Å². The summed E-state index contributed by atoms with van der Waals surface area (Å²) in [6.07, 6.45) is 0.982. The summed E-state index contributed by atoms with van der Waals surface area (Å²) < 4.78 is 10.9. The largest absolute Gasteiger partial charge is 0.542 e. The molecule has 21 heavy (non-hydrogen) atoms. The van der Waals surface area contributed by atoms with E-state index in [1.165, 1.54) is 7.11 Å². The van der Waals surface area contributed by atoms with Gasteiger partial charge in [0.05, 0.1) is 12.8 Å². The molecule has 0 fully saturated rings. The number of benzene rings is 1. The van der Waals surface area contributed by atoms with Gasteiger partial charge in [0.2, 0.25) is 0 Å². The number of ether oxygens (including phenoxy) is 1. The zero-order valence-corrected chi connectivity index (χ0v) is 14.9. The normalized spacial score (nSPS) is 12.1. The van der Waals surface area contributed by atoms with Crippen LogP contribution in [0.1, 0.15) is 32.8 Å². The summed E-state index contributed by atoms with van der Waals surface area (Å²) in [6, 6.07) is 5.75. The predicted molar refractivity (Wildman–Crippen MR) is 89.0 cm³/mol. The van der Waals surface area contributed by atoms with Crippen LogP contribution < -0.4 is 10.2 Å². The van der Waals surface area contributed by atoms with Crippen molar-refractivity contribution in [2.45, 2.75) is 51.7 Å². The summed E-state index contributed by atoms with van der Waals surface area (Å²) in [4.78, 5) is 11.2. The predicted octanol–water partition coefficient (Wildman–Crippen LogP) is 3.76. The van der Waals surface area contributed by atoms with Gasteiger partial charge in [-0.3, -0.25) is 4.79 Å². The van der Waals surface area contributed by atoms with Gasteiger partial charge in [-0.2, -0.15) is 0 Å². The second-order valence-corrected chi connectivity index (χ2v) is 11.5. The van der Waals surface area contributed by atoms with Crippen molar-refractivity contribution in [3.63, 3.8) is 0 Å². The summed E-state index contributed by atoms with van der Waals surface area (Å²) in [5.41, 5.74) is 7.73. The Hall–Kier alpha value is -1.49. The lowest BCUT2D eigenvalue weighted by molar-refractivity contribution is -0.140. The maximum atomic E-state index is 11.2. The van der Waals surface area contributed by atoms with Gasteiger partial charge in [-0.25, -0.2) is 0 Å². The van der Waals surface area contributed by atoms with E-state index in [0.29, 0.717) is 18.5 Å². The van der Waals surface area contributed by atoms with Crippen LogP contribution in [0.15, 0.2) is 18.2 Å². The van der Waals surface area contributed by atoms with Crippen LogP contribution in [-0.4, -0.2) is 21.4 Å². The van der Waals surface area contributed by atoms with Crippen molar-refractivity contribution in [1.82, 2.24) is 0 Å². The first-order valence-electron chi connectivity index (χ1n) is 7.21. The molecule has 2 N–H and O–H groups in total. The minimum atomic E-state index is -1.89. The monoisotopic (exact) mass is 309 g/mol. The van der Waals surface area contributed by atoms with E-state index in [2.05, 4.69) is 38.6 Å². The molecule has 0 amide bonds. The smallest absolute Gasteiger partial charge is 0.305 e. The molecule has 1 aromatic rings. The molecule has 0 saturated heterocycles. The number of nitrogen functional groups attached to an aromatic ring is 1. The van der Waals surface area contributed by atoms with E-state index in [9.17, 15) is 4.79 Å². The number of carbonyl (C=O) groups excluding carboxylic acids is 1. The highest BCUT2D eigenvalue weighted by Gasteiger charge is 2.39. The standard InChI is InChI=1S/C16H27NO3Si/c1-16(2,3)21(5,6)20-14-9-7-12(11-13(14)17)8-10-15(18)19-4/h7,9,11H,8,10,17H2,1-6H3. The zero-order valence-electron chi connectivity index (χ0n) is 13.9. The molecule has 0 aromatic heterocycles.